The van der Waals surface area contributed by atoms with E-state index >= 15 is 0 Å². The summed E-state index contributed by atoms with van der Waals surface area (Å²) in [5, 5.41) is 8.45. The fraction of sp³-hybridized carbons (Fsp3) is 0.300. The summed E-state index contributed by atoms with van der Waals surface area (Å²) >= 11 is 0. The molecule has 0 unspecified atom stereocenters. The summed E-state index contributed by atoms with van der Waals surface area (Å²) in [6.07, 6.45) is 5.67. The van der Waals surface area contributed by atoms with Crippen molar-refractivity contribution in [3.63, 3.8) is 0 Å². The predicted molar refractivity (Wildman–Crippen MR) is 101 cm³/mol. The molecule has 1 fully saturated rings. The Balaban J connectivity index is 0.000000209. The van der Waals surface area contributed by atoms with E-state index in [0.717, 1.165) is 25.7 Å². The lowest BCUT2D eigenvalue weighted by Gasteiger charge is -2.21. The molecule has 0 saturated heterocycles. The number of anilines is 2. The highest BCUT2D eigenvalue weighted by Gasteiger charge is 2.18. The SMILES string of the molecule is Nc1cccc(C(=O)O)c1.Nc1cccc(C(=O)OC2CCCCC2)c1. The predicted octanol–water partition coefficient (Wildman–Crippen LogP) is 3.73. The molecular weight excluding hydrogens is 332 g/mol. The average molecular weight is 356 g/mol. The summed E-state index contributed by atoms with van der Waals surface area (Å²) in [4.78, 5) is 22.1. The van der Waals surface area contributed by atoms with Crippen LogP contribution >= 0.6 is 0 Å². The van der Waals surface area contributed by atoms with Gasteiger partial charge in [0, 0.05) is 11.4 Å². The number of esters is 1. The zero-order chi connectivity index (χ0) is 18.9. The number of benzene rings is 2. The number of carbonyl (C=O) groups is 2. The van der Waals surface area contributed by atoms with Crippen LogP contribution in [0.1, 0.15) is 52.8 Å². The first-order valence-corrected chi connectivity index (χ1v) is 8.61. The van der Waals surface area contributed by atoms with Gasteiger partial charge in [-0.25, -0.2) is 9.59 Å². The lowest BCUT2D eigenvalue weighted by Crippen LogP contribution is -2.20. The van der Waals surface area contributed by atoms with Crippen LogP contribution in [0.2, 0.25) is 0 Å². The summed E-state index contributed by atoms with van der Waals surface area (Å²) in [6, 6.07) is 13.1. The van der Waals surface area contributed by atoms with Crippen LogP contribution in [-0.4, -0.2) is 23.1 Å². The average Bonchev–Trinajstić information content (AvgIpc) is 2.63. The summed E-state index contributed by atoms with van der Waals surface area (Å²) in [6.45, 7) is 0. The smallest absolute Gasteiger partial charge is 0.338 e. The van der Waals surface area contributed by atoms with Crippen molar-refractivity contribution in [2.45, 2.75) is 38.2 Å². The van der Waals surface area contributed by atoms with Crippen molar-refractivity contribution < 1.29 is 19.4 Å². The maximum atomic E-state index is 11.8. The molecule has 0 bridgehead atoms. The molecular formula is C20H24N2O4. The van der Waals surface area contributed by atoms with Gasteiger partial charge < -0.3 is 21.3 Å². The maximum absolute atomic E-state index is 11.8. The summed E-state index contributed by atoms with van der Waals surface area (Å²) in [5.41, 5.74) is 12.8. The van der Waals surface area contributed by atoms with E-state index < -0.39 is 5.97 Å². The molecule has 3 rings (SSSR count). The normalized spacial score (nSPS) is 14.0. The van der Waals surface area contributed by atoms with Crippen molar-refractivity contribution in [3.05, 3.63) is 59.7 Å². The Morgan fingerprint density at radius 2 is 1.42 bits per heavy atom. The molecule has 1 aliphatic carbocycles. The van der Waals surface area contributed by atoms with Gasteiger partial charge >= 0.3 is 11.9 Å². The minimum Gasteiger partial charge on any atom is -0.478 e. The van der Waals surface area contributed by atoms with Crippen LogP contribution in [0.4, 0.5) is 11.4 Å². The van der Waals surface area contributed by atoms with Gasteiger partial charge in [-0.15, -0.1) is 0 Å². The van der Waals surface area contributed by atoms with Crippen LogP contribution in [0, 0.1) is 0 Å². The Kier molecular flexibility index (Phi) is 7.02. The van der Waals surface area contributed by atoms with Crippen molar-refractivity contribution >= 4 is 23.3 Å². The number of carboxylic acid groups (broad SMARTS) is 1. The van der Waals surface area contributed by atoms with Gasteiger partial charge in [-0.3, -0.25) is 0 Å². The van der Waals surface area contributed by atoms with E-state index in [9.17, 15) is 9.59 Å². The zero-order valence-corrected chi connectivity index (χ0v) is 14.6. The van der Waals surface area contributed by atoms with E-state index in [0.29, 0.717) is 16.9 Å². The van der Waals surface area contributed by atoms with Gasteiger partial charge in [0.05, 0.1) is 11.1 Å². The van der Waals surface area contributed by atoms with Crippen LogP contribution in [0.3, 0.4) is 0 Å². The number of carboxylic acids is 1. The van der Waals surface area contributed by atoms with Gasteiger partial charge in [0.15, 0.2) is 0 Å². The second kappa shape index (κ2) is 9.46. The quantitative estimate of drug-likeness (QED) is 0.570. The van der Waals surface area contributed by atoms with Crippen LogP contribution in [0.5, 0.6) is 0 Å². The first-order valence-electron chi connectivity index (χ1n) is 8.61. The van der Waals surface area contributed by atoms with Crippen molar-refractivity contribution in [3.8, 4) is 0 Å². The topological polar surface area (TPSA) is 116 Å². The van der Waals surface area contributed by atoms with Crippen LogP contribution in [-0.2, 0) is 4.74 Å². The molecule has 0 atom stereocenters. The van der Waals surface area contributed by atoms with Crippen molar-refractivity contribution in [1.29, 1.82) is 0 Å². The first-order chi connectivity index (χ1) is 12.5. The van der Waals surface area contributed by atoms with Crippen molar-refractivity contribution in [1.82, 2.24) is 0 Å². The second-order valence-corrected chi connectivity index (χ2v) is 6.22. The fourth-order valence-corrected chi connectivity index (χ4v) is 2.74. The zero-order valence-electron chi connectivity index (χ0n) is 14.6. The second-order valence-electron chi connectivity index (χ2n) is 6.22. The highest BCUT2D eigenvalue weighted by Crippen LogP contribution is 2.21. The highest BCUT2D eigenvalue weighted by molar-refractivity contribution is 5.90. The molecule has 0 amide bonds. The van der Waals surface area contributed by atoms with Gasteiger partial charge in [-0.1, -0.05) is 18.6 Å². The third kappa shape index (κ3) is 6.12. The van der Waals surface area contributed by atoms with Crippen LogP contribution in [0.15, 0.2) is 48.5 Å². The Morgan fingerprint density at radius 3 is 1.92 bits per heavy atom. The van der Waals surface area contributed by atoms with Crippen molar-refractivity contribution in [2.24, 2.45) is 0 Å². The maximum Gasteiger partial charge on any atom is 0.338 e. The molecule has 0 heterocycles. The van der Waals surface area contributed by atoms with Crippen molar-refractivity contribution in [2.75, 3.05) is 11.5 Å². The molecule has 6 nitrogen and oxygen atoms in total. The molecule has 1 saturated carbocycles. The first kappa shape index (κ1) is 19.3. The number of nitrogens with two attached hydrogens (primary N) is 2. The summed E-state index contributed by atoms with van der Waals surface area (Å²) in [5.74, 6) is -1.20. The standard InChI is InChI=1S/C13H17NO2.C7H7NO2/c14-11-6-4-5-10(9-11)13(15)16-12-7-2-1-3-8-12;8-6-3-1-2-5(4-6)7(9)10/h4-6,9,12H,1-3,7-8,14H2;1-4H,8H2,(H,9,10). The van der Waals surface area contributed by atoms with E-state index in [1.807, 2.05) is 0 Å². The van der Waals surface area contributed by atoms with Gasteiger partial charge in [0.2, 0.25) is 0 Å². The minimum absolute atomic E-state index is 0.0997. The monoisotopic (exact) mass is 356 g/mol. The molecule has 2 aromatic carbocycles. The Morgan fingerprint density at radius 1 is 0.885 bits per heavy atom. The molecule has 138 valence electrons. The number of aromatic carboxylic acids is 1. The Labute approximate surface area is 152 Å². The molecule has 1 aliphatic rings. The lowest BCUT2D eigenvalue weighted by atomic mass is 9.98. The van der Waals surface area contributed by atoms with E-state index in [1.54, 1.807) is 36.4 Å². The van der Waals surface area contributed by atoms with Crippen LogP contribution < -0.4 is 11.5 Å². The van der Waals surface area contributed by atoms with E-state index in [-0.39, 0.29) is 17.6 Å². The highest BCUT2D eigenvalue weighted by atomic mass is 16.5. The lowest BCUT2D eigenvalue weighted by molar-refractivity contribution is 0.0211. The number of carbonyl (C=O) groups excluding carboxylic acids is 1. The number of hydrogen-bond acceptors (Lipinski definition) is 5. The van der Waals surface area contributed by atoms with Crippen LogP contribution in [0.25, 0.3) is 0 Å². The fourth-order valence-electron chi connectivity index (χ4n) is 2.74. The number of nitrogen functional groups attached to an aromatic ring is 2. The van der Waals surface area contributed by atoms with Gasteiger partial charge in [-0.05, 0) is 62.1 Å². The minimum atomic E-state index is -0.952. The molecule has 0 aliphatic heterocycles. The molecule has 6 heteroatoms. The molecule has 26 heavy (non-hydrogen) atoms. The number of rotatable bonds is 3. The Hall–Kier alpha value is -3.02. The molecule has 5 N–H and O–H groups in total. The van der Waals surface area contributed by atoms with E-state index in [2.05, 4.69) is 0 Å². The largest absolute Gasteiger partial charge is 0.478 e. The number of hydrogen-bond donors (Lipinski definition) is 3. The summed E-state index contributed by atoms with van der Waals surface area (Å²) in [7, 11) is 0. The third-order valence-electron chi connectivity index (χ3n) is 4.08. The number of ether oxygens (including phenoxy) is 1. The van der Waals surface area contributed by atoms with Gasteiger partial charge in [-0.2, -0.15) is 0 Å². The molecule has 2 aromatic rings. The van der Waals surface area contributed by atoms with Gasteiger partial charge in [0.1, 0.15) is 6.10 Å². The molecule has 0 aromatic heterocycles. The van der Waals surface area contributed by atoms with E-state index in [1.165, 1.54) is 18.6 Å². The van der Waals surface area contributed by atoms with E-state index in [4.69, 9.17) is 21.3 Å². The molecule has 0 spiro atoms. The summed E-state index contributed by atoms with van der Waals surface area (Å²) < 4.78 is 5.44. The third-order valence-corrected chi connectivity index (χ3v) is 4.08. The Bertz CT molecular complexity index is 755. The van der Waals surface area contributed by atoms with Gasteiger partial charge in [0.25, 0.3) is 0 Å². The molecule has 0 radical (unpaired) electrons.